The average Bonchev–Trinajstić information content (AvgIpc) is 2.68. The third-order valence-corrected chi connectivity index (χ3v) is 4.83. The van der Waals surface area contributed by atoms with Crippen LogP contribution in [-0.4, -0.2) is 63.1 Å². The van der Waals surface area contributed by atoms with Crippen LogP contribution in [0, 0.1) is 0 Å². The first kappa shape index (κ1) is 18.3. The molecule has 0 aromatic heterocycles. The Morgan fingerprint density at radius 1 is 1.04 bits per heavy atom. The summed E-state index contributed by atoms with van der Waals surface area (Å²) in [7, 11) is 5.66. The minimum absolute atomic E-state index is 0.123. The highest BCUT2D eigenvalue weighted by molar-refractivity contribution is 5.95. The number of carbonyl (C=O) groups excluding carboxylic acids is 1. The Labute approximate surface area is 155 Å². The van der Waals surface area contributed by atoms with E-state index in [0.29, 0.717) is 0 Å². The Hall–Kier alpha value is -2.53. The summed E-state index contributed by atoms with van der Waals surface area (Å²) in [5.74, 6) is 1.00. The summed E-state index contributed by atoms with van der Waals surface area (Å²) in [4.78, 5) is 19.2. The van der Waals surface area contributed by atoms with E-state index in [1.54, 1.807) is 7.11 Å². The number of anilines is 1. The molecule has 1 amide bonds. The van der Waals surface area contributed by atoms with Crippen LogP contribution in [0.3, 0.4) is 0 Å². The van der Waals surface area contributed by atoms with Crippen LogP contribution in [0.4, 0.5) is 5.69 Å². The van der Waals surface area contributed by atoms with Gasteiger partial charge in [-0.15, -0.1) is 0 Å². The molecule has 0 unspecified atom stereocenters. The van der Waals surface area contributed by atoms with Crippen molar-refractivity contribution in [1.29, 1.82) is 0 Å². The quantitative estimate of drug-likeness (QED) is 0.828. The molecule has 2 aromatic carbocycles. The predicted molar refractivity (Wildman–Crippen MR) is 105 cm³/mol. The zero-order valence-corrected chi connectivity index (χ0v) is 15.8. The van der Waals surface area contributed by atoms with Gasteiger partial charge in [0.2, 0.25) is 0 Å². The van der Waals surface area contributed by atoms with Crippen molar-refractivity contribution in [2.24, 2.45) is 0 Å². The summed E-state index contributed by atoms with van der Waals surface area (Å²) in [6.45, 7) is 4.22. The van der Waals surface area contributed by atoms with Crippen molar-refractivity contribution in [3.05, 3.63) is 59.7 Å². The topological polar surface area (TPSA) is 36.0 Å². The largest absolute Gasteiger partial charge is 0.497 e. The van der Waals surface area contributed by atoms with Crippen LogP contribution < -0.4 is 9.64 Å². The van der Waals surface area contributed by atoms with Crippen molar-refractivity contribution in [3.8, 4) is 5.75 Å². The van der Waals surface area contributed by atoms with E-state index in [9.17, 15) is 4.79 Å². The third-order valence-electron chi connectivity index (χ3n) is 4.83. The molecule has 2 aromatic rings. The summed E-state index contributed by atoms with van der Waals surface area (Å²) in [5, 5.41) is 0. The van der Waals surface area contributed by atoms with Crippen molar-refractivity contribution in [2.75, 3.05) is 52.3 Å². The van der Waals surface area contributed by atoms with E-state index < -0.39 is 0 Å². The number of amides is 1. The van der Waals surface area contributed by atoms with Gasteiger partial charge in [0.05, 0.1) is 7.11 Å². The molecule has 0 atom stereocenters. The Kier molecular flexibility index (Phi) is 5.78. The van der Waals surface area contributed by atoms with Crippen molar-refractivity contribution in [3.63, 3.8) is 0 Å². The summed E-state index contributed by atoms with van der Waals surface area (Å²) in [6, 6.07) is 16.0. The van der Waals surface area contributed by atoms with Crippen molar-refractivity contribution in [2.45, 2.75) is 6.54 Å². The van der Waals surface area contributed by atoms with Gasteiger partial charge < -0.3 is 14.5 Å². The number of methoxy groups -OCH3 is 1. The molecule has 1 aliphatic rings. The van der Waals surface area contributed by atoms with Crippen molar-refractivity contribution >= 4 is 11.6 Å². The lowest BCUT2D eigenvalue weighted by Crippen LogP contribution is -2.48. The molecule has 0 saturated carbocycles. The lowest BCUT2D eigenvalue weighted by molar-refractivity contribution is 0.0628. The Morgan fingerprint density at radius 2 is 1.73 bits per heavy atom. The number of hydrogen-bond donors (Lipinski definition) is 0. The zero-order chi connectivity index (χ0) is 18.5. The van der Waals surface area contributed by atoms with Gasteiger partial charge in [-0.25, -0.2) is 0 Å². The zero-order valence-electron chi connectivity index (χ0n) is 15.8. The first-order valence-electron chi connectivity index (χ1n) is 8.99. The summed E-state index contributed by atoms with van der Waals surface area (Å²) < 4.78 is 5.20. The van der Waals surface area contributed by atoms with Crippen molar-refractivity contribution in [1.82, 2.24) is 9.80 Å². The van der Waals surface area contributed by atoms with E-state index in [1.807, 2.05) is 60.3 Å². The number of rotatable bonds is 5. The number of nitrogens with zero attached hydrogens (tertiary/aromatic N) is 3. The molecule has 5 nitrogen and oxygen atoms in total. The minimum atomic E-state index is 0.123. The molecule has 0 N–H and O–H groups in total. The minimum Gasteiger partial charge on any atom is -0.497 e. The normalized spacial score (nSPS) is 15.0. The van der Waals surface area contributed by atoms with Gasteiger partial charge in [-0.1, -0.05) is 18.2 Å². The smallest absolute Gasteiger partial charge is 0.254 e. The molecular weight excluding hydrogens is 326 g/mol. The van der Waals surface area contributed by atoms with Gasteiger partial charge in [0.15, 0.2) is 0 Å². The van der Waals surface area contributed by atoms with E-state index in [1.165, 1.54) is 5.56 Å². The summed E-state index contributed by atoms with van der Waals surface area (Å²) in [6.07, 6.45) is 0. The van der Waals surface area contributed by atoms with E-state index in [0.717, 1.165) is 49.7 Å². The molecule has 0 radical (unpaired) electrons. The lowest BCUT2D eigenvalue weighted by Gasteiger charge is -2.35. The average molecular weight is 353 g/mol. The molecule has 1 heterocycles. The fraction of sp³-hybridized carbons (Fsp3) is 0.381. The van der Waals surface area contributed by atoms with Gasteiger partial charge in [0, 0.05) is 58.1 Å². The van der Waals surface area contributed by atoms with E-state index in [2.05, 4.69) is 17.0 Å². The number of ether oxygens (including phenoxy) is 1. The van der Waals surface area contributed by atoms with Crippen LogP contribution in [0.2, 0.25) is 0 Å². The van der Waals surface area contributed by atoms with E-state index in [4.69, 9.17) is 4.74 Å². The second kappa shape index (κ2) is 8.23. The van der Waals surface area contributed by atoms with Gasteiger partial charge in [0.1, 0.15) is 5.75 Å². The molecule has 5 heteroatoms. The monoisotopic (exact) mass is 353 g/mol. The Bertz CT molecular complexity index is 735. The second-order valence-corrected chi connectivity index (χ2v) is 6.86. The maximum Gasteiger partial charge on any atom is 0.254 e. The maximum absolute atomic E-state index is 12.8. The molecule has 3 rings (SSSR count). The van der Waals surface area contributed by atoms with Crippen molar-refractivity contribution < 1.29 is 9.53 Å². The van der Waals surface area contributed by atoms with Gasteiger partial charge in [-0.05, 0) is 35.9 Å². The molecule has 1 aliphatic heterocycles. The summed E-state index contributed by atoms with van der Waals surface area (Å²) >= 11 is 0. The highest BCUT2D eigenvalue weighted by atomic mass is 16.5. The molecular formula is C21H27N3O2. The molecule has 26 heavy (non-hydrogen) atoms. The SMILES string of the molecule is COc1ccc(CN2CCN(C(=O)c3cccc(N(C)C)c3)CC2)cc1. The number of hydrogen-bond acceptors (Lipinski definition) is 4. The second-order valence-electron chi connectivity index (χ2n) is 6.86. The van der Waals surface area contributed by atoms with Crippen LogP contribution >= 0.6 is 0 Å². The first-order chi connectivity index (χ1) is 12.6. The van der Waals surface area contributed by atoms with Crippen LogP contribution in [0.25, 0.3) is 0 Å². The summed E-state index contributed by atoms with van der Waals surface area (Å²) in [5.41, 5.74) is 3.08. The molecule has 138 valence electrons. The van der Waals surface area contributed by atoms with E-state index in [-0.39, 0.29) is 5.91 Å². The Balaban J connectivity index is 1.55. The fourth-order valence-corrected chi connectivity index (χ4v) is 3.20. The Morgan fingerprint density at radius 3 is 2.35 bits per heavy atom. The van der Waals surface area contributed by atoms with Crippen LogP contribution in [0.15, 0.2) is 48.5 Å². The molecule has 1 saturated heterocycles. The van der Waals surface area contributed by atoms with E-state index >= 15 is 0 Å². The van der Waals surface area contributed by atoms with Gasteiger partial charge >= 0.3 is 0 Å². The maximum atomic E-state index is 12.8. The van der Waals surface area contributed by atoms with Crippen LogP contribution in [0.5, 0.6) is 5.75 Å². The molecule has 0 bridgehead atoms. The number of piperazine rings is 1. The highest BCUT2D eigenvalue weighted by Gasteiger charge is 2.22. The van der Waals surface area contributed by atoms with Crippen LogP contribution in [0.1, 0.15) is 15.9 Å². The number of benzene rings is 2. The molecule has 0 spiro atoms. The predicted octanol–water partition coefficient (Wildman–Crippen LogP) is 2.72. The van der Waals surface area contributed by atoms with Gasteiger partial charge in [-0.3, -0.25) is 9.69 Å². The first-order valence-corrected chi connectivity index (χ1v) is 8.99. The highest BCUT2D eigenvalue weighted by Crippen LogP contribution is 2.17. The van der Waals surface area contributed by atoms with Gasteiger partial charge in [0.25, 0.3) is 5.91 Å². The molecule has 0 aliphatic carbocycles. The third kappa shape index (κ3) is 4.35. The lowest BCUT2D eigenvalue weighted by atomic mass is 10.1. The van der Waals surface area contributed by atoms with Crippen LogP contribution in [-0.2, 0) is 6.54 Å². The molecule has 1 fully saturated rings. The fourth-order valence-electron chi connectivity index (χ4n) is 3.20. The standard InChI is InChI=1S/C21H27N3O2/c1-22(2)19-6-4-5-18(15-19)21(25)24-13-11-23(12-14-24)16-17-7-9-20(26-3)10-8-17/h4-10,15H,11-14,16H2,1-3H3. The number of carbonyl (C=O) groups is 1. The van der Waals surface area contributed by atoms with Gasteiger partial charge in [-0.2, -0.15) is 0 Å².